The van der Waals surface area contributed by atoms with Crippen LogP contribution in [0.2, 0.25) is 4.34 Å². The quantitative estimate of drug-likeness (QED) is 0.902. The SMILES string of the molecule is Nc1ncnc(NCCc2ccc(Cl)s2)c1Br. The van der Waals surface area contributed by atoms with Crippen molar-refractivity contribution in [2.24, 2.45) is 0 Å². The maximum absolute atomic E-state index is 5.86. The van der Waals surface area contributed by atoms with Gasteiger partial charge in [-0.05, 0) is 34.5 Å². The molecule has 0 aliphatic heterocycles. The summed E-state index contributed by atoms with van der Waals surface area (Å²) in [6, 6.07) is 3.93. The highest BCUT2D eigenvalue weighted by Gasteiger charge is 2.05. The summed E-state index contributed by atoms with van der Waals surface area (Å²) in [5.41, 5.74) is 5.65. The fourth-order valence-corrected chi connectivity index (χ4v) is 2.73. The minimum absolute atomic E-state index is 0.432. The number of halogens is 2. The molecule has 2 aromatic heterocycles. The molecule has 3 N–H and O–H groups in total. The molecule has 0 fully saturated rings. The third kappa shape index (κ3) is 3.31. The van der Waals surface area contributed by atoms with E-state index in [1.807, 2.05) is 12.1 Å². The van der Waals surface area contributed by atoms with Crippen LogP contribution in [-0.2, 0) is 6.42 Å². The molecular weight excluding hydrogens is 324 g/mol. The van der Waals surface area contributed by atoms with Crippen molar-refractivity contribution in [3.8, 4) is 0 Å². The number of hydrogen-bond acceptors (Lipinski definition) is 5. The van der Waals surface area contributed by atoms with Gasteiger partial charge in [0.1, 0.15) is 22.4 Å². The molecule has 2 rings (SSSR count). The summed E-state index contributed by atoms with van der Waals surface area (Å²) < 4.78 is 1.51. The van der Waals surface area contributed by atoms with E-state index in [1.165, 1.54) is 11.2 Å². The van der Waals surface area contributed by atoms with E-state index in [1.54, 1.807) is 11.3 Å². The third-order valence-electron chi connectivity index (χ3n) is 2.11. The first-order chi connectivity index (χ1) is 8.16. The Kier molecular flexibility index (Phi) is 4.20. The maximum Gasteiger partial charge on any atom is 0.145 e. The second kappa shape index (κ2) is 5.66. The highest BCUT2D eigenvalue weighted by molar-refractivity contribution is 9.10. The zero-order valence-electron chi connectivity index (χ0n) is 8.78. The van der Waals surface area contributed by atoms with Gasteiger partial charge in [-0.15, -0.1) is 11.3 Å². The monoisotopic (exact) mass is 332 g/mol. The topological polar surface area (TPSA) is 63.8 Å². The molecule has 0 amide bonds. The van der Waals surface area contributed by atoms with E-state index in [2.05, 4.69) is 31.2 Å². The molecule has 0 radical (unpaired) electrons. The number of rotatable bonds is 4. The molecule has 0 bridgehead atoms. The summed E-state index contributed by atoms with van der Waals surface area (Å²) in [6.07, 6.45) is 2.33. The summed E-state index contributed by atoms with van der Waals surface area (Å²) in [7, 11) is 0. The smallest absolute Gasteiger partial charge is 0.145 e. The van der Waals surface area contributed by atoms with E-state index < -0.39 is 0 Å². The molecule has 0 aliphatic rings. The predicted octanol–water partition coefficient (Wildman–Crippen LogP) is 3.19. The number of hydrogen-bond donors (Lipinski definition) is 2. The summed E-state index contributed by atoms with van der Waals surface area (Å²) in [6.45, 7) is 0.770. The summed E-state index contributed by atoms with van der Waals surface area (Å²) in [5, 5.41) is 3.20. The second-order valence-electron chi connectivity index (χ2n) is 3.30. The molecule has 0 saturated carbocycles. The Labute approximate surface area is 116 Å². The number of thiophene rings is 1. The van der Waals surface area contributed by atoms with Gasteiger partial charge in [0.05, 0.1) is 4.34 Å². The van der Waals surface area contributed by atoms with Crippen molar-refractivity contribution in [2.45, 2.75) is 6.42 Å². The normalized spacial score (nSPS) is 10.5. The Hall–Kier alpha value is -0.850. The first-order valence-corrected chi connectivity index (χ1v) is 6.89. The van der Waals surface area contributed by atoms with Crippen molar-refractivity contribution in [1.82, 2.24) is 9.97 Å². The van der Waals surface area contributed by atoms with Gasteiger partial charge in [-0.1, -0.05) is 11.6 Å². The minimum Gasteiger partial charge on any atom is -0.383 e. The lowest BCUT2D eigenvalue weighted by Crippen LogP contribution is -2.07. The molecule has 0 aromatic carbocycles. The molecule has 2 aromatic rings. The number of aromatic nitrogens is 2. The van der Waals surface area contributed by atoms with Crippen LogP contribution in [0.4, 0.5) is 11.6 Å². The first kappa shape index (κ1) is 12.6. The lowest BCUT2D eigenvalue weighted by atomic mass is 10.3. The number of anilines is 2. The molecule has 0 unspecified atom stereocenters. The molecule has 0 saturated heterocycles. The number of nitrogens with two attached hydrogens (primary N) is 1. The fourth-order valence-electron chi connectivity index (χ4n) is 1.30. The average molecular weight is 334 g/mol. The second-order valence-corrected chi connectivity index (χ2v) is 5.90. The van der Waals surface area contributed by atoms with Gasteiger partial charge >= 0.3 is 0 Å². The highest BCUT2D eigenvalue weighted by atomic mass is 79.9. The van der Waals surface area contributed by atoms with Crippen molar-refractivity contribution in [1.29, 1.82) is 0 Å². The van der Waals surface area contributed by atoms with Gasteiger partial charge in [0.15, 0.2) is 0 Å². The van der Waals surface area contributed by atoms with Crippen LogP contribution in [-0.4, -0.2) is 16.5 Å². The largest absolute Gasteiger partial charge is 0.383 e. The van der Waals surface area contributed by atoms with E-state index in [0.29, 0.717) is 16.1 Å². The van der Waals surface area contributed by atoms with Crippen molar-refractivity contribution in [2.75, 3.05) is 17.6 Å². The first-order valence-electron chi connectivity index (χ1n) is 4.91. The molecule has 17 heavy (non-hydrogen) atoms. The van der Waals surface area contributed by atoms with Crippen LogP contribution >= 0.6 is 38.9 Å². The van der Waals surface area contributed by atoms with E-state index >= 15 is 0 Å². The Morgan fingerprint density at radius 1 is 1.41 bits per heavy atom. The van der Waals surface area contributed by atoms with Gasteiger partial charge in [-0.2, -0.15) is 0 Å². The molecule has 2 heterocycles. The lowest BCUT2D eigenvalue weighted by Gasteiger charge is -2.07. The summed E-state index contributed by atoms with van der Waals surface area (Å²) in [4.78, 5) is 9.21. The van der Waals surface area contributed by atoms with Crippen LogP contribution < -0.4 is 11.1 Å². The van der Waals surface area contributed by atoms with Crippen molar-refractivity contribution < 1.29 is 0 Å². The van der Waals surface area contributed by atoms with E-state index in [-0.39, 0.29) is 0 Å². The summed E-state index contributed by atoms with van der Waals surface area (Å²) >= 11 is 10.8. The van der Waals surface area contributed by atoms with Crippen LogP contribution in [0.1, 0.15) is 4.88 Å². The molecule has 4 nitrogen and oxygen atoms in total. The van der Waals surface area contributed by atoms with Gasteiger partial charge in [-0.3, -0.25) is 0 Å². The highest BCUT2D eigenvalue weighted by Crippen LogP contribution is 2.25. The van der Waals surface area contributed by atoms with Gasteiger partial charge in [0.2, 0.25) is 0 Å². The van der Waals surface area contributed by atoms with Crippen LogP contribution in [0, 0.1) is 0 Å². The number of nitrogen functional groups attached to an aromatic ring is 1. The Balaban J connectivity index is 1.92. The molecule has 0 spiro atoms. The number of nitrogens with one attached hydrogen (secondary N) is 1. The molecule has 90 valence electrons. The average Bonchev–Trinajstić information content (AvgIpc) is 2.70. The zero-order valence-corrected chi connectivity index (χ0v) is 11.9. The summed E-state index contributed by atoms with van der Waals surface area (Å²) in [5.74, 6) is 1.14. The van der Waals surface area contributed by atoms with Crippen molar-refractivity contribution in [3.63, 3.8) is 0 Å². The Bertz CT molecular complexity index is 517. The van der Waals surface area contributed by atoms with Crippen LogP contribution in [0.25, 0.3) is 0 Å². The van der Waals surface area contributed by atoms with Gasteiger partial charge < -0.3 is 11.1 Å². The number of nitrogens with zero attached hydrogens (tertiary/aromatic N) is 2. The Morgan fingerprint density at radius 3 is 2.94 bits per heavy atom. The van der Waals surface area contributed by atoms with Gasteiger partial charge in [0, 0.05) is 11.4 Å². The standard InChI is InChI=1S/C10H10BrClN4S/c11-8-9(13)15-5-16-10(8)14-4-3-6-1-2-7(12)17-6/h1-2,5H,3-4H2,(H3,13,14,15,16). The Morgan fingerprint density at radius 2 is 2.24 bits per heavy atom. The van der Waals surface area contributed by atoms with Crippen molar-refractivity contribution >= 4 is 50.5 Å². The minimum atomic E-state index is 0.432. The van der Waals surface area contributed by atoms with Gasteiger partial charge in [0.25, 0.3) is 0 Å². The zero-order chi connectivity index (χ0) is 12.3. The maximum atomic E-state index is 5.86. The van der Waals surface area contributed by atoms with E-state index in [0.717, 1.165) is 17.3 Å². The molecule has 7 heteroatoms. The molecular formula is C10H10BrClN4S. The van der Waals surface area contributed by atoms with Crippen LogP contribution in [0.15, 0.2) is 22.9 Å². The van der Waals surface area contributed by atoms with Crippen molar-refractivity contribution in [3.05, 3.63) is 32.1 Å². The fraction of sp³-hybridized carbons (Fsp3) is 0.200. The third-order valence-corrected chi connectivity index (χ3v) is 4.18. The van der Waals surface area contributed by atoms with Crippen LogP contribution in [0.3, 0.4) is 0 Å². The predicted molar refractivity (Wildman–Crippen MR) is 75.7 cm³/mol. The van der Waals surface area contributed by atoms with Gasteiger partial charge in [-0.25, -0.2) is 9.97 Å². The lowest BCUT2D eigenvalue weighted by molar-refractivity contribution is 1.02. The van der Waals surface area contributed by atoms with Crippen LogP contribution in [0.5, 0.6) is 0 Å². The van der Waals surface area contributed by atoms with E-state index in [4.69, 9.17) is 17.3 Å². The molecule has 0 atom stereocenters. The van der Waals surface area contributed by atoms with E-state index in [9.17, 15) is 0 Å². The molecule has 0 aliphatic carbocycles.